The molecular weight excluding hydrogens is 342 g/mol. The maximum atomic E-state index is 13.0. The normalized spacial score (nSPS) is 23.0. The van der Waals surface area contributed by atoms with Gasteiger partial charge < -0.3 is 10.2 Å². The van der Waals surface area contributed by atoms with Gasteiger partial charge in [0.1, 0.15) is 5.41 Å². The van der Waals surface area contributed by atoms with Gasteiger partial charge in [-0.05, 0) is 38.3 Å². The van der Waals surface area contributed by atoms with Crippen LogP contribution in [0.15, 0.2) is 24.4 Å². The van der Waals surface area contributed by atoms with Crippen molar-refractivity contribution in [3.63, 3.8) is 0 Å². The summed E-state index contributed by atoms with van der Waals surface area (Å²) in [6.07, 6.45) is 3.12. The van der Waals surface area contributed by atoms with Gasteiger partial charge in [0.2, 0.25) is 11.8 Å². The molecule has 2 heterocycles. The maximum absolute atomic E-state index is 13.0. The summed E-state index contributed by atoms with van der Waals surface area (Å²) >= 11 is 0. The molecule has 1 saturated heterocycles. The number of nitrogens with one attached hydrogen (secondary N) is 1. The quantitative estimate of drug-likeness (QED) is 0.741. The Morgan fingerprint density at radius 2 is 2.12 bits per heavy atom. The molecule has 8 heteroatoms. The van der Waals surface area contributed by atoms with E-state index < -0.39 is 15.3 Å². The maximum Gasteiger partial charge on any atom is 0.238 e. The lowest BCUT2D eigenvalue weighted by atomic mass is 10.0. The molecule has 136 valence electrons. The second-order valence-corrected chi connectivity index (χ2v) is 8.96. The lowest BCUT2D eigenvalue weighted by Crippen LogP contribution is -2.49. The molecule has 25 heavy (non-hydrogen) atoms. The Labute approximate surface area is 147 Å². The molecule has 0 aromatic carbocycles. The Morgan fingerprint density at radius 1 is 1.36 bits per heavy atom. The highest BCUT2D eigenvalue weighted by molar-refractivity contribution is 7.91. The Morgan fingerprint density at radius 3 is 2.64 bits per heavy atom. The van der Waals surface area contributed by atoms with Gasteiger partial charge in [-0.25, -0.2) is 8.42 Å². The van der Waals surface area contributed by atoms with Gasteiger partial charge in [-0.15, -0.1) is 0 Å². The molecule has 2 amide bonds. The van der Waals surface area contributed by atoms with Gasteiger partial charge in [-0.2, -0.15) is 0 Å². The smallest absolute Gasteiger partial charge is 0.238 e. The number of nitrogens with zero attached hydrogens (tertiary/aromatic N) is 2. The van der Waals surface area contributed by atoms with E-state index in [1.165, 1.54) is 0 Å². The third-order valence-electron chi connectivity index (χ3n) is 5.00. The van der Waals surface area contributed by atoms with E-state index in [4.69, 9.17) is 0 Å². The molecule has 1 aliphatic heterocycles. The number of sulfone groups is 1. The van der Waals surface area contributed by atoms with Crippen LogP contribution in [0.5, 0.6) is 0 Å². The third kappa shape index (κ3) is 3.68. The summed E-state index contributed by atoms with van der Waals surface area (Å²) in [7, 11) is -3.08. The Hall–Kier alpha value is -1.96. The van der Waals surface area contributed by atoms with E-state index in [0.29, 0.717) is 25.8 Å². The van der Waals surface area contributed by atoms with Crippen LogP contribution in [0.25, 0.3) is 0 Å². The van der Waals surface area contributed by atoms with Crippen LogP contribution in [-0.2, 0) is 26.0 Å². The third-order valence-corrected chi connectivity index (χ3v) is 6.75. The van der Waals surface area contributed by atoms with Gasteiger partial charge in [0.05, 0.1) is 23.7 Å². The molecule has 7 nitrogen and oxygen atoms in total. The van der Waals surface area contributed by atoms with Crippen molar-refractivity contribution >= 4 is 21.7 Å². The number of rotatable bonds is 6. The molecule has 1 atom stereocenters. The first-order valence-corrected chi connectivity index (χ1v) is 10.4. The van der Waals surface area contributed by atoms with Gasteiger partial charge in [0, 0.05) is 18.8 Å². The van der Waals surface area contributed by atoms with Crippen LogP contribution in [-0.4, -0.2) is 54.2 Å². The summed E-state index contributed by atoms with van der Waals surface area (Å²) in [6, 6.07) is 5.13. The molecule has 3 rings (SSSR count). The van der Waals surface area contributed by atoms with E-state index in [1.807, 2.05) is 19.1 Å². The van der Waals surface area contributed by atoms with E-state index >= 15 is 0 Å². The summed E-state index contributed by atoms with van der Waals surface area (Å²) in [5.41, 5.74) is -0.301. The average Bonchev–Trinajstić information content (AvgIpc) is 3.34. The first-order chi connectivity index (χ1) is 11.9. The molecule has 1 saturated carbocycles. The summed E-state index contributed by atoms with van der Waals surface area (Å²) in [5, 5.41) is 2.80. The van der Waals surface area contributed by atoms with Crippen molar-refractivity contribution < 1.29 is 18.0 Å². The van der Waals surface area contributed by atoms with E-state index in [2.05, 4.69) is 10.3 Å². The van der Waals surface area contributed by atoms with Crippen molar-refractivity contribution in [2.75, 3.05) is 18.1 Å². The van der Waals surface area contributed by atoms with Crippen LogP contribution in [0.2, 0.25) is 0 Å². The van der Waals surface area contributed by atoms with Crippen LogP contribution in [0.1, 0.15) is 31.9 Å². The molecule has 1 aromatic heterocycles. The molecule has 0 bridgehead atoms. The fraction of sp³-hybridized carbons (Fsp3) is 0.588. The zero-order valence-corrected chi connectivity index (χ0v) is 15.1. The van der Waals surface area contributed by atoms with Crippen LogP contribution < -0.4 is 5.32 Å². The molecule has 2 aliphatic rings. The van der Waals surface area contributed by atoms with Crippen molar-refractivity contribution in [1.29, 1.82) is 0 Å². The molecule has 1 unspecified atom stereocenters. The second-order valence-electron chi connectivity index (χ2n) is 6.73. The van der Waals surface area contributed by atoms with E-state index in [9.17, 15) is 18.0 Å². The predicted molar refractivity (Wildman–Crippen MR) is 92.2 cm³/mol. The lowest BCUT2D eigenvalue weighted by molar-refractivity contribution is -0.145. The topological polar surface area (TPSA) is 96.4 Å². The standard InChI is InChI=1S/C17H23N3O4S/c1-2-20(14-6-10-25(23,24)12-14)16(22)17(7-8-17)15(21)19-11-13-5-3-4-9-18-13/h3-5,9,14H,2,6-8,10-12H2,1H3,(H,19,21). The SMILES string of the molecule is CCN(C(=O)C1(C(=O)NCc2ccccn2)CC1)C1CCS(=O)(=O)C1. The Bertz CT molecular complexity index is 759. The van der Waals surface area contributed by atoms with Gasteiger partial charge in [0.25, 0.3) is 0 Å². The Balaban J connectivity index is 1.66. The fourth-order valence-corrected chi connectivity index (χ4v) is 5.10. The summed E-state index contributed by atoms with van der Waals surface area (Å²) in [4.78, 5) is 31.3. The van der Waals surface area contributed by atoms with Crippen molar-refractivity contribution in [2.45, 2.75) is 38.8 Å². The lowest BCUT2D eigenvalue weighted by Gasteiger charge is -2.30. The largest absolute Gasteiger partial charge is 0.350 e. The number of hydrogen-bond donors (Lipinski definition) is 1. The fourth-order valence-electron chi connectivity index (χ4n) is 3.37. The summed E-state index contributed by atoms with van der Waals surface area (Å²) in [6.45, 7) is 2.51. The van der Waals surface area contributed by atoms with E-state index in [0.717, 1.165) is 5.69 Å². The van der Waals surface area contributed by atoms with Gasteiger partial charge in [-0.1, -0.05) is 6.07 Å². The van der Waals surface area contributed by atoms with Crippen LogP contribution in [0.3, 0.4) is 0 Å². The molecule has 0 spiro atoms. The minimum atomic E-state index is -3.08. The molecule has 0 radical (unpaired) electrons. The summed E-state index contributed by atoms with van der Waals surface area (Å²) < 4.78 is 23.4. The minimum Gasteiger partial charge on any atom is -0.350 e. The average molecular weight is 365 g/mol. The van der Waals surface area contributed by atoms with Crippen LogP contribution >= 0.6 is 0 Å². The molecule has 1 N–H and O–H groups in total. The zero-order valence-electron chi connectivity index (χ0n) is 14.3. The van der Waals surface area contributed by atoms with Gasteiger partial charge in [0.15, 0.2) is 9.84 Å². The first kappa shape index (κ1) is 17.8. The number of carbonyl (C=O) groups is 2. The zero-order chi connectivity index (χ0) is 18.1. The predicted octanol–water partition coefficient (Wildman–Crippen LogP) is 0.514. The first-order valence-electron chi connectivity index (χ1n) is 8.58. The van der Waals surface area contributed by atoms with Crippen molar-refractivity contribution in [2.24, 2.45) is 5.41 Å². The highest BCUT2D eigenvalue weighted by atomic mass is 32.2. The second kappa shape index (κ2) is 6.74. The number of amides is 2. The summed E-state index contributed by atoms with van der Waals surface area (Å²) in [5.74, 6) is -0.420. The molecular formula is C17H23N3O4S. The van der Waals surface area contributed by atoms with Gasteiger partial charge in [-0.3, -0.25) is 14.6 Å². The van der Waals surface area contributed by atoms with Crippen LogP contribution in [0, 0.1) is 5.41 Å². The number of aromatic nitrogens is 1. The number of hydrogen-bond acceptors (Lipinski definition) is 5. The van der Waals surface area contributed by atoms with Crippen LogP contribution in [0.4, 0.5) is 0 Å². The number of carbonyl (C=O) groups excluding carboxylic acids is 2. The minimum absolute atomic E-state index is 0.00177. The van der Waals surface area contributed by atoms with E-state index in [1.54, 1.807) is 17.2 Å². The van der Waals surface area contributed by atoms with Crippen molar-refractivity contribution in [3.05, 3.63) is 30.1 Å². The molecule has 1 aliphatic carbocycles. The van der Waals surface area contributed by atoms with Crippen molar-refractivity contribution in [3.8, 4) is 0 Å². The van der Waals surface area contributed by atoms with Gasteiger partial charge >= 0.3 is 0 Å². The monoisotopic (exact) mass is 365 g/mol. The number of pyridine rings is 1. The van der Waals surface area contributed by atoms with E-state index in [-0.39, 0.29) is 35.9 Å². The van der Waals surface area contributed by atoms with Crippen molar-refractivity contribution in [1.82, 2.24) is 15.2 Å². The Kier molecular flexibility index (Phi) is 4.81. The molecule has 2 fully saturated rings. The highest BCUT2D eigenvalue weighted by Crippen LogP contribution is 2.48. The molecule has 1 aromatic rings. The highest BCUT2D eigenvalue weighted by Gasteiger charge is 2.58.